The fourth-order valence-electron chi connectivity index (χ4n) is 8.44. The number of fused-ring (bicyclic) bond motifs is 10. The number of rotatable bonds is 4. The molecule has 0 unspecified atom stereocenters. The highest BCUT2D eigenvalue weighted by atomic mass is 16.3. The van der Waals surface area contributed by atoms with Gasteiger partial charge in [0.15, 0.2) is 11.4 Å². The van der Waals surface area contributed by atoms with Crippen LogP contribution in [-0.4, -0.2) is 14.5 Å². The number of benzene rings is 8. The molecule has 4 heterocycles. The maximum atomic E-state index is 6.56. The number of aromatic nitrogens is 3. The standard InChI is InChI=1S/C50H29N3O2/c1-2-11-32-28-33(21-20-30(32)10-1)34-24-27-38-45(29-34)54-44-19-9-15-40(46(38)44)50-51-47(49-48(52-50)39-14-5-8-18-43(39)55-49)31-22-25-35(26-23-31)53-41-16-6-3-12-36(41)37-13-4-7-17-42(37)53/h1-29H. The van der Waals surface area contributed by atoms with Crippen molar-refractivity contribution in [2.24, 2.45) is 0 Å². The Hall–Kier alpha value is -7.50. The lowest BCUT2D eigenvalue weighted by atomic mass is 9.99. The Kier molecular flexibility index (Phi) is 6.27. The molecule has 5 nitrogen and oxygen atoms in total. The zero-order valence-electron chi connectivity index (χ0n) is 29.4. The summed E-state index contributed by atoms with van der Waals surface area (Å²) in [7, 11) is 0. The van der Waals surface area contributed by atoms with Gasteiger partial charge in [-0.2, -0.15) is 0 Å². The molecule has 12 aromatic rings. The number of nitrogens with zero attached hydrogens (tertiary/aromatic N) is 3. The van der Waals surface area contributed by atoms with Crippen molar-refractivity contribution in [2.75, 3.05) is 0 Å². The summed E-state index contributed by atoms with van der Waals surface area (Å²) >= 11 is 0. The highest BCUT2D eigenvalue weighted by Gasteiger charge is 2.21. The topological polar surface area (TPSA) is 57.0 Å². The predicted octanol–water partition coefficient (Wildman–Crippen LogP) is 13.5. The van der Waals surface area contributed by atoms with Gasteiger partial charge in [-0.1, -0.05) is 115 Å². The molecule has 0 radical (unpaired) electrons. The van der Waals surface area contributed by atoms with E-state index in [1.807, 2.05) is 30.3 Å². The molecular formula is C50H29N3O2. The average Bonchev–Trinajstić information content (AvgIpc) is 3.93. The molecule has 0 N–H and O–H groups in total. The minimum Gasteiger partial charge on any atom is -0.456 e. The molecule has 0 fully saturated rings. The van der Waals surface area contributed by atoms with E-state index in [0.29, 0.717) is 11.4 Å². The quantitative estimate of drug-likeness (QED) is 0.183. The molecular weight excluding hydrogens is 675 g/mol. The molecule has 12 rings (SSSR count). The van der Waals surface area contributed by atoms with Gasteiger partial charge in [0.05, 0.1) is 11.0 Å². The van der Waals surface area contributed by atoms with E-state index < -0.39 is 0 Å². The number of para-hydroxylation sites is 3. The Bertz CT molecular complexity index is 3440. The number of hydrogen-bond donors (Lipinski definition) is 0. The lowest BCUT2D eigenvalue weighted by Gasteiger charge is -2.10. The van der Waals surface area contributed by atoms with E-state index >= 15 is 0 Å². The van der Waals surface area contributed by atoms with E-state index in [4.69, 9.17) is 18.8 Å². The van der Waals surface area contributed by atoms with E-state index in [-0.39, 0.29) is 0 Å². The molecule has 0 bridgehead atoms. The van der Waals surface area contributed by atoms with Gasteiger partial charge in [-0.05, 0) is 82.6 Å². The Morgan fingerprint density at radius 1 is 0.418 bits per heavy atom. The molecule has 256 valence electrons. The van der Waals surface area contributed by atoms with Crippen LogP contribution in [0, 0.1) is 0 Å². The van der Waals surface area contributed by atoms with Gasteiger partial charge in [0, 0.05) is 43.7 Å². The summed E-state index contributed by atoms with van der Waals surface area (Å²) in [5.74, 6) is 0.618. The fraction of sp³-hybridized carbons (Fsp3) is 0. The second kappa shape index (κ2) is 11.5. The summed E-state index contributed by atoms with van der Waals surface area (Å²) in [6.07, 6.45) is 0. The molecule has 8 aromatic carbocycles. The molecule has 0 atom stereocenters. The van der Waals surface area contributed by atoms with Crippen LogP contribution in [0.1, 0.15) is 0 Å². The van der Waals surface area contributed by atoms with Crippen LogP contribution >= 0.6 is 0 Å². The molecule has 5 heteroatoms. The number of furan rings is 2. The van der Waals surface area contributed by atoms with Gasteiger partial charge in [-0.15, -0.1) is 0 Å². The SMILES string of the molecule is c1ccc2cc(-c3ccc4c(c3)oc3cccc(-c5nc(-c6ccc(-n7c8ccccc8c8ccccc87)cc6)c6oc7ccccc7c6n5)c34)ccc2c1. The highest BCUT2D eigenvalue weighted by molar-refractivity contribution is 6.14. The summed E-state index contributed by atoms with van der Waals surface area (Å²) in [6.45, 7) is 0. The maximum Gasteiger partial charge on any atom is 0.180 e. The minimum absolute atomic E-state index is 0.618. The first-order valence-corrected chi connectivity index (χ1v) is 18.5. The first kappa shape index (κ1) is 30.0. The number of hydrogen-bond acceptors (Lipinski definition) is 4. The van der Waals surface area contributed by atoms with Gasteiger partial charge >= 0.3 is 0 Å². The van der Waals surface area contributed by atoms with Crippen LogP contribution in [0.5, 0.6) is 0 Å². The molecule has 0 aliphatic rings. The van der Waals surface area contributed by atoms with Gasteiger partial charge in [0.2, 0.25) is 0 Å². The van der Waals surface area contributed by atoms with Crippen molar-refractivity contribution in [2.45, 2.75) is 0 Å². The molecule has 55 heavy (non-hydrogen) atoms. The predicted molar refractivity (Wildman–Crippen MR) is 225 cm³/mol. The Morgan fingerprint density at radius 2 is 1.07 bits per heavy atom. The fourth-order valence-corrected chi connectivity index (χ4v) is 8.44. The monoisotopic (exact) mass is 703 g/mol. The Morgan fingerprint density at radius 3 is 1.89 bits per heavy atom. The largest absolute Gasteiger partial charge is 0.456 e. The van der Waals surface area contributed by atoms with Gasteiger partial charge in [0.25, 0.3) is 0 Å². The second-order valence-corrected chi connectivity index (χ2v) is 14.1. The second-order valence-electron chi connectivity index (χ2n) is 14.1. The average molecular weight is 704 g/mol. The van der Waals surface area contributed by atoms with Crippen LogP contribution in [-0.2, 0) is 0 Å². The maximum absolute atomic E-state index is 6.56. The van der Waals surface area contributed by atoms with E-state index in [9.17, 15) is 0 Å². The van der Waals surface area contributed by atoms with Crippen molar-refractivity contribution in [1.82, 2.24) is 14.5 Å². The van der Waals surface area contributed by atoms with Crippen LogP contribution in [0.4, 0.5) is 0 Å². The van der Waals surface area contributed by atoms with Crippen molar-refractivity contribution in [1.29, 1.82) is 0 Å². The van der Waals surface area contributed by atoms with Crippen molar-refractivity contribution >= 4 is 76.6 Å². The van der Waals surface area contributed by atoms with Gasteiger partial charge in [-0.3, -0.25) is 0 Å². The van der Waals surface area contributed by atoms with E-state index in [1.54, 1.807) is 0 Å². The van der Waals surface area contributed by atoms with Gasteiger partial charge in [-0.25, -0.2) is 9.97 Å². The van der Waals surface area contributed by atoms with Crippen LogP contribution in [0.25, 0.3) is 116 Å². The minimum atomic E-state index is 0.618. The van der Waals surface area contributed by atoms with E-state index in [0.717, 1.165) is 72.1 Å². The normalized spacial score (nSPS) is 12.0. The van der Waals surface area contributed by atoms with Crippen LogP contribution in [0.3, 0.4) is 0 Å². The molecule has 4 aromatic heterocycles. The molecule has 0 aliphatic carbocycles. The molecule has 0 saturated carbocycles. The van der Waals surface area contributed by atoms with Gasteiger partial charge in [0.1, 0.15) is 28.0 Å². The molecule has 0 amide bonds. The smallest absolute Gasteiger partial charge is 0.180 e. The summed E-state index contributed by atoms with van der Waals surface area (Å²) in [6, 6.07) is 61.5. The third kappa shape index (κ3) is 4.53. The molecule has 0 spiro atoms. The van der Waals surface area contributed by atoms with Gasteiger partial charge < -0.3 is 13.4 Å². The lowest BCUT2D eigenvalue weighted by Crippen LogP contribution is -1.96. The van der Waals surface area contributed by atoms with Crippen molar-refractivity contribution in [3.05, 3.63) is 176 Å². The molecule has 0 saturated heterocycles. The first-order chi connectivity index (χ1) is 27.2. The summed E-state index contributed by atoms with van der Waals surface area (Å²) < 4.78 is 15.4. The highest BCUT2D eigenvalue weighted by Crippen LogP contribution is 2.41. The van der Waals surface area contributed by atoms with Crippen molar-refractivity contribution in [3.63, 3.8) is 0 Å². The first-order valence-electron chi connectivity index (χ1n) is 18.5. The summed E-state index contributed by atoms with van der Waals surface area (Å²) in [5, 5.41) is 7.86. The Balaban J connectivity index is 1.03. The molecule has 0 aliphatic heterocycles. The third-order valence-corrected chi connectivity index (χ3v) is 11.0. The van der Waals surface area contributed by atoms with Crippen molar-refractivity contribution in [3.8, 4) is 39.5 Å². The van der Waals surface area contributed by atoms with Crippen LogP contribution < -0.4 is 0 Å². The lowest BCUT2D eigenvalue weighted by molar-refractivity contribution is 0.667. The summed E-state index contributed by atoms with van der Waals surface area (Å²) in [5.41, 5.74) is 12.1. The zero-order chi connectivity index (χ0) is 36.0. The zero-order valence-corrected chi connectivity index (χ0v) is 29.4. The van der Waals surface area contributed by atoms with E-state index in [2.05, 4.69) is 150 Å². The van der Waals surface area contributed by atoms with Crippen LogP contribution in [0.2, 0.25) is 0 Å². The van der Waals surface area contributed by atoms with Crippen molar-refractivity contribution < 1.29 is 8.83 Å². The van der Waals surface area contributed by atoms with E-state index in [1.165, 1.54) is 32.6 Å². The third-order valence-electron chi connectivity index (χ3n) is 11.0. The Labute approximate surface area is 314 Å². The summed E-state index contributed by atoms with van der Waals surface area (Å²) in [4.78, 5) is 10.5. The van der Waals surface area contributed by atoms with Crippen LogP contribution in [0.15, 0.2) is 185 Å².